The molecule has 30 heavy (non-hydrogen) atoms. The molecule has 0 bridgehead atoms. The highest BCUT2D eigenvalue weighted by Gasteiger charge is 2.50. The highest BCUT2D eigenvalue weighted by Crippen LogP contribution is 2.59. The molecular formula is C26H42O4. The second-order valence-electron chi connectivity index (χ2n) is 10.7. The normalized spacial score (nSPS) is 36.6. The first kappa shape index (κ1) is 23.5. The SMILES string of the molecule is CC(C)OC(=O)CC[C@@H](C)[C@H]1CC[C@H]2C(=CC=C3C[C@@H](O)C[C@H](O)C3)CCC[C@]12C. The van der Waals surface area contributed by atoms with E-state index in [1.807, 2.05) is 13.8 Å². The Labute approximate surface area is 182 Å². The van der Waals surface area contributed by atoms with Gasteiger partial charge in [0.1, 0.15) is 0 Å². The maximum atomic E-state index is 12.0. The molecule has 4 nitrogen and oxygen atoms in total. The highest BCUT2D eigenvalue weighted by atomic mass is 16.5. The lowest BCUT2D eigenvalue weighted by Crippen LogP contribution is -2.36. The van der Waals surface area contributed by atoms with Crippen LogP contribution in [0.3, 0.4) is 0 Å². The number of carbonyl (C=O) groups is 1. The fourth-order valence-electron chi connectivity index (χ4n) is 6.61. The van der Waals surface area contributed by atoms with Crippen LogP contribution in [0.4, 0.5) is 0 Å². The average molecular weight is 419 g/mol. The molecule has 0 heterocycles. The molecule has 0 saturated heterocycles. The van der Waals surface area contributed by atoms with Gasteiger partial charge in [-0.15, -0.1) is 0 Å². The third-order valence-electron chi connectivity index (χ3n) is 7.97. The number of allylic oxidation sites excluding steroid dienone is 3. The minimum Gasteiger partial charge on any atom is -0.463 e. The van der Waals surface area contributed by atoms with Gasteiger partial charge in [-0.05, 0) is 94.8 Å². The van der Waals surface area contributed by atoms with Crippen molar-refractivity contribution in [2.75, 3.05) is 0 Å². The van der Waals surface area contributed by atoms with Crippen LogP contribution in [0.15, 0.2) is 23.3 Å². The maximum absolute atomic E-state index is 12.0. The second-order valence-corrected chi connectivity index (χ2v) is 10.7. The van der Waals surface area contributed by atoms with Gasteiger partial charge in [-0.3, -0.25) is 4.79 Å². The summed E-state index contributed by atoms with van der Waals surface area (Å²) in [6, 6.07) is 0. The number of aliphatic hydroxyl groups is 2. The summed E-state index contributed by atoms with van der Waals surface area (Å²) < 4.78 is 5.33. The maximum Gasteiger partial charge on any atom is 0.306 e. The Bertz CT molecular complexity index is 652. The third-order valence-corrected chi connectivity index (χ3v) is 7.97. The summed E-state index contributed by atoms with van der Waals surface area (Å²) >= 11 is 0. The molecule has 0 radical (unpaired) electrons. The van der Waals surface area contributed by atoms with Crippen LogP contribution in [0.2, 0.25) is 0 Å². The van der Waals surface area contributed by atoms with Crippen molar-refractivity contribution < 1.29 is 19.7 Å². The predicted molar refractivity (Wildman–Crippen MR) is 120 cm³/mol. The van der Waals surface area contributed by atoms with Crippen molar-refractivity contribution in [3.8, 4) is 0 Å². The van der Waals surface area contributed by atoms with Crippen LogP contribution in [0.5, 0.6) is 0 Å². The number of hydrogen-bond acceptors (Lipinski definition) is 4. The first-order valence-corrected chi connectivity index (χ1v) is 12.1. The van der Waals surface area contributed by atoms with Crippen molar-refractivity contribution in [1.82, 2.24) is 0 Å². The zero-order valence-electron chi connectivity index (χ0n) is 19.4. The van der Waals surface area contributed by atoms with E-state index in [4.69, 9.17) is 4.74 Å². The fraction of sp³-hybridized carbons (Fsp3) is 0.808. The predicted octanol–water partition coefficient (Wildman–Crippen LogP) is 5.33. The third kappa shape index (κ3) is 5.56. The molecule has 0 amide bonds. The Morgan fingerprint density at radius 3 is 2.53 bits per heavy atom. The van der Waals surface area contributed by atoms with E-state index in [0.717, 1.165) is 12.8 Å². The van der Waals surface area contributed by atoms with Crippen LogP contribution < -0.4 is 0 Å². The van der Waals surface area contributed by atoms with Crippen LogP contribution in [0.25, 0.3) is 0 Å². The first-order chi connectivity index (χ1) is 14.2. The summed E-state index contributed by atoms with van der Waals surface area (Å²) in [5.41, 5.74) is 3.04. The van der Waals surface area contributed by atoms with Gasteiger partial charge in [-0.1, -0.05) is 37.1 Å². The Hall–Kier alpha value is -1.13. The molecule has 3 fully saturated rings. The van der Waals surface area contributed by atoms with Crippen LogP contribution in [-0.4, -0.2) is 34.5 Å². The quantitative estimate of drug-likeness (QED) is 0.572. The summed E-state index contributed by atoms with van der Waals surface area (Å²) in [6.07, 6.45) is 13.1. The Kier molecular flexibility index (Phi) is 7.84. The molecule has 3 rings (SSSR count). The van der Waals surface area contributed by atoms with Gasteiger partial charge in [0.25, 0.3) is 0 Å². The lowest BCUT2D eigenvalue weighted by Gasteiger charge is -2.44. The van der Waals surface area contributed by atoms with Gasteiger partial charge in [-0.25, -0.2) is 0 Å². The van der Waals surface area contributed by atoms with E-state index >= 15 is 0 Å². The molecule has 3 aliphatic rings. The minimum atomic E-state index is -0.408. The number of esters is 1. The van der Waals surface area contributed by atoms with Crippen molar-refractivity contribution in [2.24, 2.45) is 23.2 Å². The Morgan fingerprint density at radius 2 is 1.87 bits per heavy atom. The summed E-state index contributed by atoms with van der Waals surface area (Å²) in [7, 11) is 0. The number of carbonyl (C=O) groups excluding carboxylic acids is 1. The number of hydrogen-bond donors (Lipinski definition) is 2. The summed E-state index contributed by atoms with van der Waals surface area (Å²) in [5.74, 6) is 1.74. The van der Waals surface area contributed by atoms with Crippen LogP contribution >= 0.6 is 0 Å². The van der Waals surface area contributed by atoms with Crippen LogP contribution in [-0.2, 0) is 9.53 Å². The summed E-state index contributed by atoms with van der Waals surface area (Å²) in [4.78, 5) is 12.0. The first-order valence-electron chi connectivity index (χ1n) is 12.1. The lowest BCUT2D eigenvalue weighted by atomic mass is 9.60. The van der Waals surface area contributed by atoms with Crippen molar-refractivity contribution >= 4 is 5.97 Å². The van der Waals surface area contributed by atoms with E-state index in [-0.39, 0.29) is 12.1 Å². The van der Waals surface area contributed by atoms with E-state index in [2.05, 4.69) is 26.0 Å². The van der Waals surface area contributed by atoms with E-state index in [0.29, 0.717) is 48.9 Å². The molecule has 0 unspecified atom stereocenters. The van der Waals surface area contributed by atoms with Gasteiger partial charge in [0, 0.05) is 6.42 Å². The second kappa shape index (κ2) is 9.99. The molecule has 0 aromatic heterocycles. The van der Waals surface area contributed by atoms with Gasteiger partial charge in [0.15, 0.2) is 0 Å². The largest absolute Gasteiger partial charge is 0.463 e. The summed E-state index contributed by atoms with van der Waals surface area (Å²) in [5, 5.41) is 19.9. The molecule has 3 saturated carbocycles. The van der Waals surface area contributed by atoms with Crippen molar-refractivity contribution in [1.29, 1.82) is 0 Å². The molecule has 2 N–H and O–H groups in total. The average Bonchev–Trinajstić information content (AvgIpc) is 3.00. The van der Waals surface area contributed by atoms with Gasteiger partial charge in [-0.2, -0.15) is 0 Å². The smallest absolute Gasteiger partial charge is 0.306 e. The van der Waals surface area contributed by atoms with E-state index in [9.17, 15) is 15.0 Å². The highest BCUT2D eigenvalue weighted by molar-refractivity contribution is 5.69. The van der Waals surface area contributed by atoms with E-state index < -0.39 is 12.2 Å². The molecule has 0 aromatic rings. The van der Waals surface area contributed by atoms with Crippen molar-refractivity contribution in [2.45, 2.75) is 110 Å². The molecule has 0 aromatic carbocycles. The van der Waals surface area contributed by atoms with Gasteiger partial charge in [0.2, 0.25) is 0 Å². The molecule has 0 spiro atoms. The monoisotopic (exact) mass is 418 g/mol. The molecule has 170 valence electrons. The van der Waals surface area contributed by atoms with Gasteiger partial charge < -0.3 is 14.9 Å². The van der Waals surface area contributed by atoms with E-state index in [1.54, 1.807) is 5.57 Å². The Morgan fingerprint density at radius 1 is 1.17 bits per heavy atom. The standard InChI is InChI=1S/C26H42O4/c1-17(2)30-25(29)12-7-18(3)23-10-11-24-20(6-5-13-26(23,24)4)9-8-19-14-21(27)16-22(28)15-19/h8-9,17-18,21-24,27-28H,5-7,10-16H2,1-4H3/t18-,21-,22-,23-,24+,26-/m1/s1. The van der Waals surface area contributed by atoms with Crippen LogP contribution in [0, 0.1) is 23.2 Å². The number of ether oxygens (including phenoxy) is 1. The van der Waals surface area contributed by atoms with Gasteiger partial charge in [0.05, 0.1) is 18.3 Å². The molecular weight excluding hydrogens is 376 g/mol. The molecule has 0 aliphatic heterocycles. The van der Waals surface area contributed by atoms with Crippen molar-refractivity contribution in [3.05, 3.63) is 23.3 Å². The lowest BCUT2D eigenvalue weighted by molar-refractivity contribution is -0.147. The van der Waals surface area contributed by atoms with Crippen LogP contribution in [0.1, 0.15) is 91.9 Å². The number of aliphatic hydroxyl groups excluding tert-OH is 2. The Balaban J connectivity index is 1.65. The molecule has 6 atom stereocenters. The molecule has 3 aliphatic carbocycles. The van der Waals surface area contributed by atoms with Crippen molar-refractivity contribution in [3.63, 3.8) is 0 Å². The molecule has 4 heteroatoms. The zero-order valence-corrected chi connectivity index (χ0v) is 19.4. The minimum absolute atomic E-state index is 0.0345. The zero-order chi connectivity index (χ0) is 21.9. The topological polar surface area (TPSA) is 66.8 Å². The van der Waals surface area contributed by atoms with Gasteiger partial charge >= 0.3 is 5.97 Å². The summed E-state index contributed by atoms with van der Waals surface area (Å²) in [6.45, 7) is 8.62. The fourth-order valence-corrected chi connectivity index (χ4v) is 6.61. The number of fused-ring (bicyclic) bond motifs is 1. The van der Waals surface area contributed by atoms with E-state index in [1.165, 1.54) is 31.3 Å². The number of rotatable bonds is 6.